The minimum absolute atomic E-state index is 0.0530. The maximum absolute atomic E-state index is 14.2. The molecule has 0 heterocycles. The van der Waals surface area contributed by atoms with Crippen molar-refractivity contribution >= 4 is 93.7 Å². The van der Waals surface area contributed by atoms with Crippen molar-refractivity contribution in [2.45, 2.75) is 237 Å². The van der Waals surface area contributed by atoms with Crippen LogP contribution in [0.4, 0.5) is 0 Å². The van der Waals surface area contributed by atoms with Crippen LogP contribution in [0.15, 0.2) is 0 Å². The Hall–Kier alpha value is -5.95. The summed E-state index contributed by atoms with van der Waals surface area (Å²) in [7, 11) is -14.4. The highest BCUT2D eigenvalue weighted by Gasteiger charge is 2.37. The second-order valence-corrected chi connectivity index (χ2v) is 35.5. The van der Waals surface area contributed by atoms with E-state index in [2.05, 4.69) is 63.8 Å². The first kappa shape index (κ1) is 97.0. The van der Waals surface area contributed by atoms with Crippen LogP contribution in [0.3, 0.4) is 0 Å². The molecule has 0 fully saturated rings. The maximum atomic E-state index is 14.2. The van der Waals surface area contributed by atoms with Gasteiger partial charge in [0, 0.05) is 39.3 Å². The molecule has 0 spiro atoms. The van der Waals surface area contributed by atoms with Gasteiger partial charge in [-0.2, -0.15) is 0 Å². The van der Waals surface area contributed by atoms with E-state index in [9.17, 15) is 101 Å². The first-order chi connectivity index (χ1) is 47.3. The third-order valence-corrected chi connectivity index (χ3v) is 17.4. The molecule has 596 valence electrons. The summed E-state index contributed by atoms with van der Waals surface area (Å²) in [6.45, 7) is 32.2. The van der Waals surface area contributed by atoms with Gasteiger partial charge in [-0.3, -0.25) is 76.1 Å². The molecule has 12 amide bonds. The largest absolute Gasteiger partial charge is 0.353 e. The second kappa shape index (κ2) is 47.6. The molecule has 0 radical (unpaired) electrons. The highest BCUT2D eigenvalue weighted by Crippen LogP contribution is 2.35. The molecule has 0 aromatic rings. The zero-order valence-electron chi connectivity index (χ0n) is 63.7. The Balaban J connectivity index is 7.26. The second-order valence-electron chi connectivity index (χ2n) is 30.6. The summed E-state index contributed by atoms with van der Waals surface area (Å²) in [5.74, 6) is -11.2. The fourth-order valence-electron chi connectivity index (χ4n) is 11.0. The third kappa shape index (κ3) is 46.6. The maximum Gasteiger partial charge on any atom is 0.334 e. The van der Waals surface area contributed by atoms with Crippen LogP contribution in [0.2, 0.25) is 0 Å². The van der Waals surface area contributed by atoms with Gasteiger partial charge in [-0.05, 0) is 111 Å². The molecule has 0 aliphatic carbocycles. The Morgan fingerprint density at radius 3 is 0.515 bits per heavy atom. The number of hydrogen-bond acceptors (Lipinski definition) is 16. The molecule has 0 bridgehead atoms. The summed E-state index contributed by atoms with van der Waals surface area (Å²) in [5.41, 5.74) is 0. The van der Waals surface area contributed by atoms with Crippen molar-refractivity contribution in [1.29, 1.82) is 0 Å². The predicted molar refractivity (Wildman–Crippen MR) is 389 cm³/mol. The average molecular weight is 1530 g/mol. The smallest absolute Gasteiger partial charge is 0.334 e. The van der Waals surface area contributed by atoms with E-state index in [-0.39, 0.29) is 150 Å². The van der Waals surface area contributed by atoms with E-state index >= 15 is 0 Å². The van der Waals surface area contributed by atoms with Crippen molar-refractivity contribution < 1.29 is 101 Å². The Morgan fingerprint density at radius 2 is 0.379 bits per heavy atom. The molecular formula is C66H126N13O21P3. The van der Waals surface area contributed by atoms with Gasteiger partial charge in [-0.1, -0.05) is 125 Å². The molecule has 0 aliphatic heterocycles. The standard InChI is InChI=1S/C66H126N13O21P3/c1-37(2)25-46(73-64(89)52(31-43(13)14)76-61(86)49(28-40(7)8)70-55(80)34-101(92,93)94)58(83)67-19-22-79(23-20-68-59(84)47(26-38(3)4)74-65(90)53(32-44(15)16)77-62(87)50(29-41(9)10)71-56(81)35-102(95,96)97)24-21-69-60(85)48(27-39(5)6)75-66(91)54(33-45(17)18)78-63(88)51(30-42(11)12)72-57(82)36-103(98,99)100/h37-54H,19-36H2,1-18H3,(H,67,83)(H,68,84)(H,69,85)(H,70,80)(H,71,81)(H,72,82)(H,73,89)(H,74,90)(H,75,91)(H,76,86)(H,77,87)(H,78,88)(H2,92,93,94)(H2,95,96,97)(H2,98,99,100)/t46-,47-,48-,49-,50-,51-,52-,53-,54-/m0/s1. The lowest BCUT2D eigenvalue weighted by atomic mass is 9.98. The van der Waals surface area contributed by atoms with Crippen LogP contribution < -0.4 is 63.8 Å². The number of carbonyl (C=O) groups excluding carboxylic acids is 12. The zero-order valence-corrected chi connectivity index (χ0v) is 66.4. The minimum Gasteiger partial charge on any atom is -0.353 e. The lowest BCUT2D eigenvalue weighted by Gasteiger charge is -2.28. The lowest BCUT2D eigenvalue weighted by molar-refractivity contribution is -0.134. The van der Waals surface area contributed by atoms with Crippen molar-refractivity contribution in [3.63, 3.8) is 0 Å². The van der Waals surface area contributed by atoms with E-state index in [1.807, 2.05) is 41.5 Å². The van der Waals surface area contributed by atoms with Crippen LogP contribution in [0.1, 0.15) is 182 Å². The predicted octanol–water partition coefficient (Wildman–Crippen LogP) is 0.948. The Morgan fingerprint density at radius 1 is 0.243 bits per heavy atom. The van der Waals surface area contributed by atoms with Gasteiger partial charge in [-0.15, -0.1) is 0 Å². The van der Waals surface area contributed by atoms with Gasteiger partial charge in [0.1, 0.15) is 72.9 Å². The van der Waals surface area contributed by atoms with E-state index in [0.29, 0.717) is 0 Å². The molecule has 37 heteroatoms. The van der Waals surface area contributed by atoms with Crippen molar-refractivity contribution in [2.24, 2.45) is 53.3 Å². The van der Waals surface area contributed by atoms with Gasteiger partial charge in [0.15, 0.2) is 0 Å². The summed E-state index contributed by atoms with van der Waals surface area (Å²) >= 11 is 0. The molecule has 0 aliphatic rings. The van der Waals surface area contributed by atoms with E-state index in [0.717, 1.165) is 0 Å². The Bertz CT molecular complexity index is 2600. The number of carbonyl (C=O) groups is 12. The number of amides is 12. The number of nitrogens with one attached hydrogen (secondary N) is 12. The highest BCUT2D eigenvalue weighted by atomic mass is 31.2. The topological polar surface area (TPSA) is 525 Å². The van der Waals surface area contributed by atoms with Crippen LogP contribution in [-0.2, 0) is 71.2 Å². The molecule has 0 aromatic carbocycles. The molecule has 0 saturated carbocycles. The van der Waals surface area contributed by atoms with Gasteiger partial charge >= 0.3 is 22.8 Å². The van der Waals surface area contributed by atoms with Gasteiger partial charge in [0.25, 0.3) is 0 Å². The van der Waals surface area contributed by atoms with E-state index < -0.39 is 167 Å². The number of rotatable bonds is 51. The van der Waals surface area contributed by atoms with E-state index in [1.165, 1.54) is 0 Å². The fraction of sp³-hybridized carbons (Fsp3) is 0.818. The normalized spacial score (nSPS) is 14.9. The summed E-state index contributed by atoms with van der Waals surface area (Å²) in [4.78, 5) is 223. The first-order valence-corrected chi connectivity index (χ1v) is 41.0. The van der Waals surface area contributed by atoms with Crippen molar-refractivity contribution in [3.8, 4) is 0 Å². The first-order valence-electron chi connectivity index (χ1n) is 35.7. The SMILES string of the molecule is CC(C)C[C@H](NC(=O)CP(=O)(O)O)C(=O)N[C@@H](CC(C)C)C(=O)N[C@@H](CC(C)C)C(=O)NCCN(CCNC(=O)[C@H](CC(C)C)NC(=O)[C@H](CC(C)C)NC(=O)[C@H](CC(C)C)NC(=O)CP(=O)(O)O)CCNC(=O)[C@H](CC(C)C)NC(=O)[C@H](CC(C)C)NC(=O)[C@H](CC(C)C)NC(=O)CP(=O)(O)O. The molecule has 34 nitrogen and oxygen atoms in total. The van der Waals surface area contributed by atoms with Crippen LogP contribution >= 0.6 is 22.8 Å². The number of hydrogen-bond donors (Lipinski definition) is 18. The van der Waals surface area contributed by atoms with Crippen LogP contribution in [-0.4, -0.2) is 217 Å². The van der Waals surface area contributed by atoms with Gasteiger partial charge < -0.3 is 93.2 Å². The summed E-state index contributed by atoms with van der Waals surface area (Å²) in [6.07, 6.45) is -2.67. The monoisotopic (exact) mass is 1530 g/mol. The molecule has 0 unspecified atom stereocenters. The van der Waals surface area contributed by atoms with Crippen LogP contribution in [0, 0.1) is 53.3 Å². The van der Waals surface area contributed by atoms with Crippen LogP contribution in [0.25, 0.3) is 0 Å². The Labute approximate surface area is 608 Å². The summed E-state index contributed by atoms with van der Waals surface area (Å²) in [5, 5.41) is 32.0. The summed E-state index contributed by atoms with van der Waals surface area (Å²) in [6, 6.07) is -11.0. The van der Waals surface area contributed by atoms with Crippen molar-refractivity contribution in [2.75, 3.05) is 57.8 Å². The number of nitrogens with zero attached hydrogens (tertiary/aromatic N) is 1. The molecule has 18 N–H and O–H groups in total. The molecule has 0 rings (SSSR count). The van der Waals surface area contributed by atoms with Gasteiger partial charge in [0.05, 0.1) is 0 Å². The molecular weight excluding hydrogens is 1400 g/mol. The van der Waals surface area contributed by atoms with E-state index in [1.54, 1.807) is 88.0 Å². The Kier molecular flexibility index (Phi) is 44.8. The third-order valence-electron chi connectivity index (χ3n) is 15.3. The lowest BCUT2D eigenvalue weighted by Crippen LogP contribution is -2.58. The molecule has 9 atom stereocenters. The molecule has 0 aromatic heterocycles. The van der Waals surface area contributed by atoms with Crippen molar-refractivity contribution in [3.05, 3.63) is 0 Å². The van der Waals surface area contributed by atoms with Crippen LogP contribution in [0.5, 0.6) is 0 Å². The highest BCUT2D eigenvalue weighted by molar-refractivity contribution is 7.53. The average Bonchev–Trinajstić information content (AvgIpc) is 0.870. The van der Waals surface area contributed by atoms with Gasteiger partial charge in [-0.25, -0.2) is 0 Å². The van der Waals surface area contributed by atoms with Crippen molar-refractivity contribution in [1.82, 2.24) is 68.7 Å². The van der Waals surface area contributed by atoms with E-state index in [4.69, 9.17) is 0 Å². The fourth-order valence-corrected chi connectivity index (χ4v) is 12.4. The quantitative estimate of drug-likeness (QED) is 0.0377. The molecule has 0 saturated heterocycles. The summed E-state index contributed by atoms with van der Waals surface area (Å²) < 4.78 is 34.8. The van der Waals surface area contributed by atoms with Gasteiger partial charge in [0.2, 0.25) is 70.9 Å². The molecule has 103 heavy (non-hydrogen) atoms. The minimum atomic E-state index is -4.80. The zero-order chi connectivity index (χ0) is 79.6.